The Morgan fingerprint density at radius 2 is 1.22 bits per heavy atom. The van der Waals surface area contributed by atoms with Crippen LogP contribution in [0.15, 0.2) is 12.1 Å². The molecule has 0 saturated carbocycles. The molecule has 0 amide bonds. The Bertz CT molecular complexity index is 419. The van der Waals surface area contributed by atoms with Crippen molar-refractivity contribution in [3.63, 3.8) is 0 Å². The lowest BCUT2D eigenvalue weighted by Crippen LogP contribution is -2.09. The molecule has 0 unspecified atom stereocenters. The summed E-state index contributed by atoms with van der Waals surface area (Å²) >= 11 is 0. The first-order valence-corrected chi connectivity index (χ1v) is 5.70. The van der Waals surface area contributed by atoms with Crippen molar-refractivity contribution in [3.8, 4) is 0 Å². The monoisotopic (exact) mass is 250 g/mol. The third kappa shape index (κ3) is 3.58. The first kappa shape index (κ1) is 14.2. The summed E-state index contributed by atoms with van der Waals surface area (Å²) in [6.45, 7) is 3.83. The molecule has 0 aromatic heterocycles. The van der Waals surface area contributed by atoms with Gasteiger partial charge in [0.1, 0.15) is 0 Å². The number of aryl methyl sites for hydroxylation is 2. The zero-order chi connectivity index (χ0) is 13.7. The highest BCUT2D eigenvalue weighted by Gasteiger charge is 2.11. The van der Waals surface area contributed by atoms with E-state index in [1.165, 1.54) is 14.2 Å². The number of hydrogen-bond acceptors (Lipinski definition) is 4. The maximum atomic E-state index is 11.3. The fourth-order valence-electron chi connectivity index (χ4n) is 1.77. The zero-order valence-corrected chi connectivity index (χ0v) is 11.2. The molecule has 18 heavy (non-hydrogen) atoms. The SMILES string of the molecule is COC(=O)Cc1cc(C)c(CC(=O)OC)cc1C. The summed E-state index contributed by atoms with van der Waals surface area (Å²) in [5, 5.41) is 0. The van der Waals surface area contributed by atoms with E-state index < -0.39 is 0 Å². The van der Waals surface area contributed by atoms with E-state index in [-0.39, 0.29) is 24.8 Å². The largest absolute Gasteiger partial charge is 0.469 e. The van der Waals surface area contributed by atoms with Gasteiger partial charge in [-0.3, -0.25) is 9.59 Å². The van der Waals surface area contributed by atoms with E-state index >= 15 is 0 Å². The molecule has 0 aliphatic carbocycles. The van der Waals surface area contributed by atoms with Crippen LogP contribution in [0.25, 0.3) is 0 Å². The van der Waals surface area contributed by atoms with Crippen molar-refractivity contribution in [1.29, 1.82) is 0 Å². The maximum absolute atomic E-state index is 11.3. The van der Waals surface area contributed by atoms with Crippen molar-refractivity contribution in [2.75, 3.05) is 14.2 Å². The molecule has 0 bridgehead atoms. The second kappa shape index (κ2) is 6.19. The van der Waals surface area contributed by atoms with E-state index in [1.54, 1.807) is 0 Å². The van der Waals surface area contributed by atoms with Gasteiger partial charge in [-0.15, -0.1) is 0 Å². The molecule has 0 aliphatic rings. The van der Waals surface area contributed by atoms with Crippen LogP contribution in [0.5, 0.6) is 0 Å². The summed E-state index contributed by atoms with van der Waals surface area (Å²) in [5.41, 5.74) is 3.80. The fraction of sp³-hybridized carbons (Fsp3) is 0.429. The molecule has 0 N–H and O–H groups in total. The lowest BCUT2D eigenvalue weighted by molar-refractivity contribution is -0.140. The molecule has 1 rings (SSSR count). The summed E-state index contributed by atoms with van der Waals surface area (Å²) in [6, 6.07) is 3.84. The number of ether oxygens (including phenoxy) is 2. The first-order valence-electron chi connectivity index (χ1n) is 5.70. The van der Waals surface area contributed by atoms with Gasteiger partial charge in [-0.05, 0) is 36.1 Å². The normalized spacial score (nSPS) is 10.0. The molecular formula is C14H18O4. The number of methoxy groups -OCH3 is 2. The second-order valence-electron chi connectivity index (χ2n) is 4.21. The van der Waals surface area contributed by atoms with E-state index in [1.807, 2.05) is 26.0 Å². The van der Waals surface area contributed by atoms with Crippen LogP contribution in [0.4, 0.5) is 0 Å². The Hall–Kier alpha value is -1.84. The second-order valence-corrected chi connectivity index (χ2v) is 4.21. The first-order chi connectivity index (χ1) is 8.47. The van der Waals surface area contributed by atoms with Gasteiger partial charge in [0.25, 0.3) is 0 Å². The van der Waals surface area contributed by atoms with Crippen molar-refractivity contribution in [3.05, 3.63) is 34.4 Å². The van der Waals surface area contributed by atoms with Crippen molar-refractivity contribution >= 4 is 11.9 Å². The Balaban J connectivity index is 2.96. The minimum Gasteiger partial charge on any atom is -0.469 e. The third-order valence-electron chi connectivity index (χ3n) is 2.92. The van der Waals surface area contributed by atoms with E-state index in [2.05, 4.69) is 9.47 Å². The van der Waals surface area contributed by atoms with Crippen LogP contribution in [-0.2, 0) is 31.9 Å². The standard InChI is InChI=1S/C14H18O4/c1-9-5-12(8-14(16)18-4)10(2)6-11(9)7-13(15)17-3/h5-6H,7-8H2,1-4H3. The molecule has 0 spiro atoms. The summed E-state index contributed by atoms with van der Waals surface area (Å²) in [5.74, 6) is -0.531. The molecule has 4 nitrogen and oxygen atoms in total. The Labute approximate surface area is 107 Å². The minimum absolute atomic E-state index is 0.252. The van der Waals surface area contributed by atoms with E-state index in [4.69, 9.17) is 0 Å². The van der Waals surface area contributed by atoms with Crippen molar-refractivity contribution < 1.29 is 19.1 Å². The maximum Gasteiger partial charge on any atom is 0.309 e. The topological polar surface area (TPSA) is 52.6 Å². The zero-order valence-electron chi connectivity index (χ0n) is 11.2. The summed E-state index contributed by atoms with van der Waals surface area (Å²) < 4.78 is 9.30. The average molecular weight is 250 g/mol. The molecule has 0 aliphatic heterocycles. The van der Waals surface area contributed by atoms with Gasteiger partial charge in [-0.25, -0.2) is 0 Å². The third-order valence-corrected chi connectivity index (χ3v) is 2.92. The highest BCUT2D eigenvalue weighted by atomic mass is 16.5. The van der Waals surface area contributed by atoms with Crippen molar-refractivity contribution in [1.82, 2.24) is 0 Å². The van der Waals surface area contributed by atoms with Gasteiger partial charge in [0.15, 0.2) is 0 Å². The molecule has 1 aromatic carbocycles. The number of carbonyl (C=O) groups excluding carboxylic acids is 2. The number of hydrogen-bond donors (Lipinski definition) is 0. The molecule has 4 heteroatoms. The average Bonchev–Trinajstić information content (AvgIpc) is 2.34. The quantitative estimate of drug-likeness (QED) is 0.764. The molecule has 1 aromatic rings. The van der Waals surface area contributed by atoms with Crippen LogP contribution in [-0.4, -0.2) is 26.2 Å². The lowest BCUT2D eigenvalue weighted by Gasteiger charge is -2.11. The molecule has 0 radical (unpaired) electrons. The van der Waals surface area contributed by atoms with Crippen LogP contribution in [0, 0.1) is 13.8 Å². The van der Waals surface area contributed by atoms with Crippen molar-refractivity contribution in [2.24, 2.45) is 0 Å². The van der Waals surface area contributed by atoms with E-state index in [0.717, 1.165) is 22.3 Å². The molecular weight excluding hydrogens is 232 g/mol. The van der Waals surface area contributed by atoms with Crippen LogP contribution in [0.1, 0.15) is 22.3 Å². The predicted octanol–water partition coefficient (Wildman–Crippen LogP) is 1.73. The van der Waals surface area contributed by atoms with Crippen molar-refractivity contribution in [2.45, 2.75) is 26.7 Å². The highest BCUT2D eigenvalue weighted by Crippen LogP contribution is 2.18. The van der Waals surface area contributed by atoms with Crippen LogP contribution in [0.2, 0.25) is 0 Å². The molecule has 0 heterocycles. The van der Waals surface area contributed by atoms with Gasteiger partial charge in [-0.2, -0.15) is 0 Å². The molecule has 0 atom stereocenters. The van der Waals surface area contributed by atoms with Gasteiger partial charge in [0.2, 0.25) is 0 Å². The minimum atomic E-state index is -0.266. The summed E-state index contributed by atoms with van der Waals surface area (Å²) in [7, 11) is 2.74. The fourth-order valence-corrected chi connectivity index (χ4v) is 1.77. The molecule has 0 saturated heterocycles. The Morgan fingerprint density at radius 1 is 0.889 bits per heavy atom. The van der Waals surface area contributed by atoms with Gasteiger partial charge in [0.05, 0.1) is 27.1 Å². The Morgan fingerprint density at radius 3 is 1.50 bits per heavy atom. The predicted molar refractivity (Wildman–Crippen MR) is 67.4 cm³/mol. The summed E-state index contributed by atoms with van der Waals surface area (Å²) in [6.07, 6.45) is 0.503. The van der Waals surface area contributed by atoms with Gasteiger partial charge < -0.3 is 9.47 Å². The number of rotatable bonds is 4. The number of carbonyl (C=O) groups is 2. The summed E-state index contributed by atoms with van der Waals surface area (Å²) in [4.78, 5) is 22.5. The van der Waals surface area contributed by atoms with Crippen LogP contribution in [0.3, 0.4) is 0 Å². The van der Waals surface area contributed by atoms with Crippen LogP contribution < -0.4 is 0 Å². The number of benzene rings is 1. The molecule has 0 fully saturated rings. The number of esters is 2. The molecule has 98 valence electrons. The lowest BCUT2D eigenvalue weighted by atomic mass is 9.96. The van der Waals surface area contributed by atoms with Crippen LogP contribution >= 0.6 is 0 Å². The smallest absolute Gasteiger partial charge is 0.309 e. The van der Waals surface area contributed by atoms with Gasteiger partial charge in [-0.1, -0.05) is 12.1 Å². The van der Waals surface area contributed by atoms with E-state index in [0.29, 0.717) is 0 Å². The van der Waals surface area contributed by atoms with E-state index in [9.17, 15) is 9.59 Å². The Kier molecular flexibility index (Phi) is 4.89. The van der Waals surface area contributed by atoms with Gasteiger partial charge in [0, 0.05) is 0 Å². The van der Waals surface area contributed by atoms with Gasteiger partial charge >= 0.3 is 11.9 Å². The highest BCUT2D eigenvalue weighted by molar-refractivity contribution is 5.74.